The maximum absolute atomic E-state index is 13.6. The number of fused-ring (bicyclic) bond motifs is 1. The quantitative estimate of drug-likeness (QED) is 0.321. The lowest BCUT2D eigenvalue weighted by Gasteiger charge is -2.28. The summed E-state index contributed by atoms with van der Waals surface area (Å²) in [7, 11) is 0. The van der Waals surface area contributed by atoms with Crippen molar-refractivity contribution in [1.29, 1.82) is 0 Å². The molecule has 0 radical (unpaired) electrons. The number of nitrogens with one attached hydrogen (secondary N) is 2. The number of H-pyrrole nitrogens is 1. The molecule has 5 rings (SSSR count). The van der Waals surface area contributed by atoms with Gasteiger partial charge in [0.2, 0.25) is 5.91 Å². The van der Waals surface area contributed by atoms with Crippen molar-refractivity contribution in [2.75, 3.05) is 18.4 Å². The Morgan fingerprint density at radius 2 is 1.67 bits per heavy atom. The third-order valence-corrected chi connectivity index (χ3v) is 6.75. The van der Waals surface area contributed by atoms with Crippen molar-refractivity contribution in [3.63, 3.8) is 0 Å². The van der Waals surface area contributed by atoms with Crippen LogP contribution in [0.15, 0.2) is 85.1 Å². The first-order valence-electron chi connectivity index (χ1n) is 12.6. The maximum atomic E-state index is 13.6. The first-order valence-corrected chi connectivity index (χ1v) is 12.6. The van der Waals surface area contributed by atoms with Crippen LogP contribution in [-0.2, 0) is 17.8 Å². The monoisotopic (exact) mass is 480 g/mol. The second-order valence-electron chi connectivity index (χ2n) is 9.57. The summed E-state index contributed by atoms with van der Waals surface area (Å²) in [6.07, 6.45) is 4.63. The Labute approximate surface area is 211 Å². The van der Waals surface area contributed by atoms with Gasteiger partial charge in [0.05, 0.1) is 0 Å². The lowest BCUT2D eigenvalue weighted by Crippen LogP contribution is -2.45. The largest absolute Gasteiger partial charge is 0.361 e. The lowest BCUT2D eigenvalue weighted by molar-refractivity contribution is -0.132. The van der Waals surface area contributed by atoms with E-state index >= 15 is 0 Å². The summed E-state index contributed by atoms with van der Waals surface area (Å²) in [6.45, 7) is 3.18. The molecular formula is C30H32N4O2. The Hall–Kier alpha value is -4.06. The molecule has 36 heavy (non-hydrogen) atoms. The molecule has 1 saturated carbocycles. The van der Waals surface area contributed by atoms with Gasteiger partial charge in [0.1, 0.15) is 6.54 Å². The smallest absolute Gasteiger partial charge is 0.322 e. The van der Waals surface area contributed by atoms with Gasteiger partial charge in [0.15, 0.2) is 0 Å². The normalized spacial score (nSPS) is 12.9. The highest BCUT2D eigenvalue weighted by Gasteiger charge is 2.35. The van der Waals surface area contributed by atoms with Gasteiger partial charge < -0.3 is 20.1 Å². The fourth-order valence-corrected chi connectivity index (χ4v) is 4.52. The first-order chi connectivity index (χ1) is 17.6. The van der Waals surface area contributed by atoms with E-state index in [0.29, 0.717) is 13.1 Å². The highest BCUT2D eigenvalue weighted by molar-refractivity contribution is 5.93. The van der Waals surface area contributed by atoms with Crippen LogP contribution < -0.4 is 5.32 Å². The molecule has 0 unspecified atom stereocenters. The van der Waals surface area contributed by atoms with Crippen molar-refractivity contribution < 1.29 is 9.59 Å². The number of amides is 3. The van der Waals surface area contributed by atoms with Crippen LogP contribution in [0.5, 0.6) is 0 Å². The molecule has 184 valence electrons. The first kappa shape index (κ1) is 23.7. The zero-order valence-electron chi connectivity index (χ0n) is 20.6. The molecule has 2 N–H and O–H groups in total. The number of nitrogens with zero attached hydrogens (tertiary/aromatic N) is 2. The van der Waals surface area contributed by atoms with Gasteiger partial charge in [-0.05, 0) is 55.5 Å². The summed E-state index contributed by atoms with van der Waals surface area (Å²) in [5, 5.41) is 4.15. The zero-order valence-corrected chi connectivity index (χ0v) is 20.6. The third kappa shape index (κ3) is 5.77. The highest BCUT2D eigenvalue weighted by atomic mass is 16.2. The van der Waals surface area contributed by atoms with Gasteiger partial charge in [-0.1, -0.05) is 66.2 Å². The van der Waals surface area contributed by atoms with E-state index < -0.39 is 0 Å². The predicted octanol–water partition coefficient (Wildman–Crippen LogP) is 5.74. The molecule has 6 heteroatoms. The molecule has 0 atom stereocenters. The number of carbonyl (C=O) groups excluding carboxylic acids is 2. The van der Waals surface area contributed by atoms with E-state index in [1.165, 1.54) is 10.9 Å². The van der Waals surface area contributed by atoms with E-state index in [-0.39, 0.29) is 24.5 Å². The molecule has 1 aliphatic rings. The molecule has 1 heterocycles. The summed E-state index contributed by atoms with van der Waals surface area (Å²) in [4.78, 5) is 33.6. The summed E-state index contributed by atoms with van der Waals surface area (Å²) < 4.78 is 0. The summed E-state index contributed by atoms with van der Waals surface area (Å²) in [5.41, 5.74) is 5.23. The van der Waals surface area contributed by atoms with Crippen LogP contribution in [0, 0.1) is 6.92 Å². The minimum atomic E-state index is -0.217. The Bertz CT molecular complexity index is 1330. The maximum Gasteiger partial charge on any atom is 0.322 e. The van der Waals surface area contributed by atoms with Gasteiger partial charge in [-0.25, -0.2) is 4.79 Å². The lowest BCUT2D eigenvalue weighted by atomic mass is 10.1. The highest BCUT2D eigenvalue weighted by Crippen LogP contribution is 2.28. The average molecular weight is 481 g/mol. The minimum absolute atomic E-state index is 0.0374. The number of anilines is 1. The SMILES string of the molecule is Cc1ccc(NC(=O)N(CC(=O)N(CCc2c[nH]c3ccccc23)Cc2ccccc2)C2CC2)cc1. The van der Waals surface area contributed by atoms with E-state index in [9.17, 15) is 9.59 Å². The van der Waals surface area contributed by atoms with Gasteiger partial charge in [-0.15, -0.1) is 0 Å². The average Bonchev–Trinajstić information content (AvgIpc) is 3.66. The van der Waals surface area contributed by atoms with Crippen LogP contribution in [0.2, 0.25) is 0 Å². The second kappa shape index (κ2) is 10.7. The van der Waals surface area contributed by atoms with Crippen molar-refractivity contribution in [1.82, 2.24) is 14.8 Å². The number of aromatic amines is 1. The molecule has 0 saturated heterocycles. The second-order valence-corrected chi connectivity index (χ2v) is 9.57. The van der Waals surface area contributed by atoms with Gasteiger partial charge >= 0.3 is 6.03 Å². The van der Waals surface area contributed by atoms with Gasteiger partial charge in [0.25, 0.3) is 0 Å². The number of aromatic nitrogens is 1. The number of carbonyl (C=O) groups is 2. The van der Waals surface area contributed by atoms with E-state index in [1.54, 1.807) is 4.90 Å². The molecule has 4 aromatic rings. The summed E-state index contributed by atoms with van der Waals surface area (Å²) >= 11 is 0. The van der Waals surface area contributed by atoms with Crippen molar-refractivity contribution in [2.45, 2.75) is 38.8 Å². The Kier molecular flexibility index (Phi) is 7.03. The summed E-state index contributed by atoms with van der Waals surface area (Å²) in [5.74, 6) is -0.0374. The van der Waals surface area contributed by atoms with Crippen molar-refractivity contribution >= 4 is 28.5 Å². The Morgan fingerprint density at radius 1 is 0.944 bits per heavy atom. The van der Waals surface area contributed by atoms with Crippen LogP contribution in [-0.4, -0.2) is 45.9 Å². The van der Waals surface area contributed by atoms with Crippen molar-refractivity contribution in [3.8, 4) is 0 Å². The van der Waals surface area contributed by atoms with E-state index in [2.05, 4.69) is 22.4 Å². The van der Waals surface area contributed by atoms with Gasteiger partial charge in [-0.3, -0.25) is 4.79 Å². The van der Waals surface area contributed by atoms with Crippen molar-refractivity contribution in [2.24, 2.45) is 0 Å². The molecule has 3 amide bonds. The third-order valence-electron chi connectivity index (χ3n) is 6.75. The Balaban J connectivity index is 1.30. The molecule has 6 nitrogen and oxygen atoms in total. The van der Waals surface area contributed by atoms with E-state index in [1.807, 2.05) is 84.8 Å². The molecule has 0 aliphatic heterocycles. The van der Waals surface area contributed by atoms with E-state index in [0.717, 1.165) is 41.6 Å². The van der Waals surface area contributed by atoms with Crippen LogP contribution in [0.4, 0.5) is 10.5 Å². The van der Waals surface area contributed by atoms with E-state index in [4.69, 9.17) is 0 Å². The number of hydrogen-bond acceptors (Lipinski definition) is 2. The molecule has 3 aromatic carbocycles. The predicted molar refractivity (Wildman–Crippen MR) is 144 cm³/mol. The van der Waals surface area contributed by atoms with Crippen LogP contribution >= 0.6 is 0 Å². The summed E-state index contributed by atoms with van der Waals surface area (Å²) in [6, 6.07) is 25.9. The number of hydrogen-bond donors (Lipinski definition) is 2. The number of rotatable bonds is 9. The topological polar surface area (TPSA) is 68.4 Å². The zero-order chi connectivity index (χ0) is 24.9. The number of aryl methyl sites for hydroxylation is 1. The fraction of sp³-hybridized carbons (Fsp3) is 0.267. The molecular weight excluding hydrogens is 448 g/mol. The molecule has 0 bridgehead atoms. The Morgan fingerprint density at radius 3 is 2.42 bits per heavy atom. The molecule has 0 spiro atoms. The standard InChI is InChI=1S/C30H32N4O2/c1-22-11-13-25(14-12-22)32-30(36)34(26-15-16-26)21-29(35)33(20-23-7-3-2-4-8-23)18-17-24-19-31-28-10-6-5-9-27(24)28/h2-14,19,26,31H,15-18,20-21H2,1H3,(H,32,36). The number of benzene rings is 3. The van der Waals surface area contributed by atoms with Crippen LogP contribution in [0.3, 0.4) is 0 Å². The molecule has 1 fully saturated rings. The number of para-hydroxylation sites is 1. The molecule has 1 aromatic heterocycles. The van der Waals surface area contributed by atoms with Gasteiger partial charge in [-0.2, -0.15) is 0 Å². The van der Waals surface area contributed by atoms with Gasteiger partial charge in [0, 0.05) is 41.9 Å². The molecule has 1 aliphatic carbocycles. The van der Waals surface area contributed by atoms with Crippen molar-refractivity contribution in [3.05, 3.63) is 102 Å². The van der Waals surface area contributed by atoms with Crippen LogP contribution in [0.25, 0.3) is 10.9 Å². The minimum Gasteiger partial charge on any atom is -0.361 e. The number of urea groups is 1. The fourth-order valence-electron chi connectivity index (χ4n) is 4.52. The van der Waals surface area contributed by atoms with Crippen LogP contribution in [0.1, 0.15) is 29.5 Å².